The normalized spacial score (nSPS) is 11.0. The van der Waals surface area contributed by atoms with Crippen LogP contribution in [-0.2, 0) is 17.9 Å². The molecule has 0 saturated heterocycles. The smallest absolute Gasteiger partial charge is 0.244 e. The maximum Gasteiger partial charge on any atom is 0.244 e. The number of amides is 1. The largest absolute Gasteiger partial charge is 0.487 e. The van der Waals surface area contributed by atoms with E-state index < -0.39 is 0 Å². The average Bonchev–Trinajstić information content (AvgIpc) is 3.48. The molecule has 1 N–H and O–H groups in total. The number of thiazole rings is 1. The number of carbonyl (C=O) groups excluding carboxylic acids is 1. The predicted molar refractivity (Wildman–Crippen MR) is 120 cm³/mol. The molecule has 0 unspecified atom stereocenters. The molecule has 0 spiro atoms. The molecule has 2 heterocycles. The Bertz CT molecular complexity index is 1170. The van der Waals surface area contributed by atoms with Crippen molar-refractivity contribution in [2.75, 3.05) is 0 Å². The van der Waals surface area contributed by atoms with E-state index in [-0.39, 0.29) is 5.91 Å². The van der Waals surface area contributed by atoms with Crippen molar-refractivity contribution in [2.24, 2.45) is 0 Å². The van der Waals surface area contributed by atoms with Crippen LogP contribution >= 0.6 is 11.3 Å². The van der Waals surface area contributed by atoms with Crippen molar-refractivity contribution in [1.82, 2.24) is 25.1 Å². The van der Waals surface area contributed by atoms with Crippen LogP contribution in [0.3, 0.4) is 0 Å². The first-order chi connectivity index (χ1) is 15.2. The van der Waals surface area contributed by atoms with E-state index in [4.69, 9.17) is 4.74 Å². The molecule has 4 aromatic rings. The van der Waals surface area contributed by atoms with Gasteiger partial charge in [0.1, 0.15) is 25.0 Å². The minimum Gasteiger partial charge on any atom is -0.487 e. The highest BCUT2D eigenvalue weighted by atomic mass is 32.1. The van der Waals surface area contributed by atoms with Gasteiger partial charge in [-0.25, -0.2) is 14.6 Å². The van der Waals surface area contributed by atoms with E-state index >= 15 is 0 Å². The number of nitrogens with zero attached hydrogens (tertiary/aromatic N) is 4. The second-order valence-electron chi connectivity index (χ2n) is 6.74. The van der Waals surface area contributed by atoms with Crippen LogP contribution in [0, 0.1) is 6.92 Å². The summed E-state index contributed by atoms with van der Waals surface area (Å²) >= 11 is 1.60. The van der Waals surface area contributed by atoms with E-state index in [2.05, 4.69) is 20.4 Å². The van der Waals surface area contributed by atoms with Gasteiger partial charge in [-0.2, -0.15) is 5.10 Å². The summed E-state index contributed by atoms with van der Waals surface area (Å²) in [5.41, 5.74) is 3.64. The molecule has 1 amide bonds. The molecule has 7 nitrogen and oxygen atoms in total. The highest BCUT2D eigenvalue weighted by Gasteiger charge is 2.04. The van der Waals surface area contributed by atoms with Gasteiger partial charge in [-0.1, -0.05) is 30.3 Å². The zero-order valence-corrected chi connectivity index (χ0v) is 17.7. The average molecular weight is 432 g/mol. The van der Waals surface area contributed by atoms with Gasteiger partial charge in [0.15, 0.2) is 0 Å². The zero-order valence-electron chi connectivity index (χ0n) is 16.9. The number of aromatic nitrogens is 4. The number of hydrogen-bond acceptors (Lipinski definition) is 6. The third-order valence-electron chi connectivity index (χ3n) is 4.46. The number of carbonyl (C=O) groups is 1. The van der Waals surface area contributed by atoms with Crippen LogP contribution in [0.15, 0.2) is 72.6 Å². The maximum atomic E-state index is 12.3. The van der Waals surface area contributed by atoms with E-state index in [1.54, 1.807) is 28.4 Å². The van der Waals surface area contributed by atoms with Gasteiger partial charge >= 0.3 is 0 Å². The summed E-state index contributed by atoms with van der Waals surface area (Å²) in [4.78, 5) is 20.6. The van der Waals surface area contributed by atoms with Gasteiger partial charge in [-0.05, 0) is 36.8 Å². The maximum absolute atomic E-state index is 12.3. The zero-order chi connectivity index (χ0) is 21.5. The molecule has 0 bridgehead atoms. The van der Waals surface area contributed by atoms with E-state index in [0.717, 1.165) is 27.5 Å². The number of nitrogens with one attached hydrogen (secondary N) is 1. The van der Waals surface area contributed by atoms with Crippen molar-refractivity contribution >= 4 is 23.3 Å². The number of hydrogen-bond donors (Lipinski definition) is 1. The van der Waals surface area contributed by atoms with Crippen LogP contribution in [0.5, 0.6) is 5.75 Å². The summed E-state index contributed by atoms with van der Waals surface area (Å²) in [6.45, 7) is 2.79. The third-order valence-corrected chi connectivity index (χ3v) is 5.28. The molecular formula is C23H21N5O2S. The second-order valence-corrected chi connectivity index (χ2v) is 7.80. The molecule has 0 radical (unpaired) electrons. The molecule has 0 aliphatic heterocycles. The van der Waals surface area contributed by atoms with Crippen molar-refractivity contribution < 1.29 is 9.53 Å². The second kappa shape index (κ2) is 9.82. The topological polar surface area (TPSA) is 81.9 Å². The molecule has 0 aliphatic rings. The number of ether oxygens (including phenoxy) is 1. The molecule has 0 fully saturated rings. The quantitative estimate of drug-likeness (QED) is 0.427. The molecule has 0 atom stereocenters. The Kier molecular flexibility index (Phi) is 6.49. The molecular weight excluding hydrogens is 410 g/mol. The lowest BCUT2D eigenvalue weighted by molar-refractivity contribution is -0.116. The first kappa shape index (κ1) is 20.5. The van der Waals surface area contributed by atoms with Crippen molar-refractivity contribution in [2.45, 2.75) is 20.1 Å². The van der Waals surface area contributed by atoms with Crippen LogP contribution in [0.1, 0.15) is 21.8 Å². The molecule has 2 aromatic carbocycles. The molecule has 8 heteroatoms. The van der Waals surface area contributed by atoms with Gasteiger partial charge in [0.25, 0.3) is 0 Å². The summed E-state index contributed by atoms with van der Waals surface area (Å²) in [6, 6.07) is 15.4. The van der Waals surface area contributed by atoms with Gasteiger partial charge in [0.05, 0.1) is 16.4 Å². The fourth-order valence-corrected chi connectivity index (χ4v) is 3.49. The summed E-state index contributed by atoms with van der Waals surface area (Å²) in [6.07, 6.45) is 6.40. The third kappa shape index (κ3) is 5.64. The minimum absolute atomic E-state index is 0.176. The molecule has 156 valence electrons. The Labute approximate surface area is 184 Å². The lowest BCUT2D eigenvalue weighted by Crippen LogP contribution is -2.20. The van der Waals surface area contributed by atoms with Gasteiger partial charge in [-0.15, -0.1) is 11.3 Å². The van der Waals surface area contributed by atoms with Crippen molar-refractivity contribution in [3.05, 3.63) is 94.5 Å². The van der Waals surface area contributed by atoms with E-state index in [9.17, 15) is 4.79 Å². The first-order valence-corrected chi connectivity index (χ1v) is 10.6. The van der Waals surface area contributed by atoms with E-state index in [1.165, 1.54) is 12.4 Å². The van der Waals surface area contributed by atoms with Gasteiger partial charge < -0.3 is 10.1 Å². The Morgan fingerprint density at radius 3 is 2.77 bits per heavy atom. The van der Waals surface area contributed by atoms with Gasteiger partial charge in [0, 0.05) is 23.6 Å². The van der Waals surface area contributed by atoms with E-state index in [1.807, 2.05) is 60.8 Å². The predicted octanol–water partition coefficient (Wildman–Crippen LogP) is 3.94. The standard InChI is InChI=1S/C23H21N5O2S/c1-17-27-20(14-31-17)13-30-22-5-3-2-4-19(22)8-11-23(29)25-12-18-6-9-21(10-7-18)28-16-24-15-26-28/h2-11,14-16H,12-13H2,1H3,(H,25,29)/b11-8+. The lowest BCUT2D eigenvalue weighted by Gasteiger charge is -2.08. The molecule has 2 aromatic heterocycles. The number of aryl methyl sites for hydroxylation is 1. The van der Waals surface area contributed by atoms with Crippen LogP contribution in [0.2, 0.25) is 0 Å². The van der Waals surface area contributed by atoms with Crippen LogP contribution in [-0.4, -0.2) is 25.7 Å². The Morgan fingerprint density at radius 2 is 2.03 bits per heavy atom. The van der Waals surface area contributed by atoms with Gasteiger partial charge in [0.2, 0.25) is 5.91 Å². The fourth-order valence-electron chi connectivity index (χ4n) is 2.90. The van der Waals surface area contributed by atoms with Crippen molar-refractivity contribution in [1.29, 1.82) is 0 Å². The van der Waals surface area contributed by atoms with Crippen LogP contribution in [0.4, 0.5) is 0 Å². The summed E-state index contributed by atoms with van der Waals surface area (Å²) in [7, 11) is 0. The van der Waals surface area contributed by atoms with Crippen LogP contribution < -0.4 is 10.1 Å². The number of para-hydroxylation sites is 1. The molecule has 4 rings (SSSR count). The number of rotatable bonds is 8. The van der Waals surface area contributed by atoms with Crippen LogP contribution in [0.25, 0.3) is 11.8 Å². The van der Waals surface area contributed by atoms with Gasteiger partial charge in [-0.3, -0.25) is 4.79 Å². The highest BCUT2D eigenvalue weighted by Crippen LogP contribution is 2.21. The summed E-state index contributed by atoms with van der Waals surface area (Å²) < 4.78 is 7.57. The lowest BCUT2D eigenvalue weighted by atomic mass is 10.2. The highest BCUT2D eigenvalue weighted by molar-refractivity contribution is 7.09. The van der Waals surface area contributed by atoms with E-state index in [0.29, 0.717) is 18.9 Å². The monoisotopic (exact) mass is 431 g/mol. The minimum atomic E-state index is -0.176. The van der Waals surface area contributed by atoms with Crippen molar-refractivity contribution in [3.63, 3.8) is 0 Å². The molecule has 31 heavy (non-hydrogen) atoms. The fraction of sp³-hybridized carbons (Fsp3) is 0.130. The SMILES string of the molecule is Cc1nc(COc2ccccc2/C=C/C(=O)NCc2ccc(-n3cncn3)cc2)cs1. The first-order valence-electron chi connectivity index (χ1n) is 9.70. The Hall–Kier alpha value is -3.78. The molecule has 0 aliphatic carbocycles. The Balaban J connectivity index is 1.32. The van der Waals surface area contributed by atoms with Crippen molar-refractivity contribution in [3.8, 4) is 11.4 Å². The summed E-state index contributed by atoms with van der Waals surface area (Å²) in [5.74, 6) is 0.534. The Morgan fingerprint density at radius 1 is 1.19 bits per heavy atom. The summed E-state index contributed by atoms with van der Waals surface area (Å²) in [5, 5.41) is 9.99. The molecule has 0 saturated carbocycles. The number of benzene rings is 2.